The highest BCUT2D eigenvalue weighted by Crippen LogP contribution is 2.38. The van der Waals surface area contributed by atoms with Crippen molar-refractivity contribution < 1.29 is 23.4 Å². The Hall–Kier alpha value is -4.10. The molecule has 3 aromatic rings. The summed E-state index contributed by atoms with van der Waals surface area (Å²) < 4.78 is 29.8. The molecule has 0 aliphatic carbocycles. The quantitative estimate of drug-likeness (QED) is 0.248. The highest BCUT2D eigenvalue weighted by molar-refractivity contribution is 5.96. The van der Waals surface area contributed by atoms with Crippen LogP contribution < -0.4 is 14.2 Å². The molecule has 1 saturated heterocycles. The second-order valence-electron chi connectivity index (χ2n) is 10.3. The molecule has 41 heavy (non-hydrogen) atoms. The zero-order valence-corrected chi connectivity index (χ0v) is 24.4. The Morgan fingerprint density at radius 2 is 1.66 bits per heavy atom. The zero-order chi connectivity index (χ0) is 29.2. The molecule has 0 N–H and O–H groups in total. The number of likely N-dealkylation sites (tertiary alicyclic amines) is 1. The van der Waals surface area contributed by atoms with Crippen LogP contribution >= 0.6 is 0 Å². The van der Waals surface area contributed by atoms with Gasteiger partial charge in [-0.05, 0) is 61.7 Å². The summed E-state index contributed by atoms with van der Waals surface area (Å²) in [6.07, 6.45) is 6.32. The van der Waals surface area contributed by atoms with Crippen molar-refractivity contribution >= 4 is 12.0 Å². The first-order valence-corrected chi connectivity index (χ1v) is 13.9. The number of halogens is 1. The predicted octanol–water partition coefficient (Wildman–Crippen LogP) is 6.62. The minimum Gasteiger partial charge on any atom is -0.493 e. The summed E-state index contributed by atoms with van der Waals surface area (Å²) in [5.41, 5.74) is 5.01. The molecule has 0 unspecified atom stereocenters. The van der Waals surface area contributed by atoms with Gasteiger partial charge in [0.25, 0.3) is 5.91 Å². The maximum atomic E-state index is 14.0. The van der Waals surface area contributed by atoms with E-state index >= 15 is 0 Å². The van der Waals surface area contributed by atoms with E-state index in [0.29, 0.717) is 35.9 Å². The summed E-state index contributed by atoms with van der Waals surface area (Å²) in [4.78, 5) is 18.2. The van der Waals surface area contributed by atoms with Gasteiger partial charge in [0.1, 0.15) is 5.82 Å². The number of ether oxygens (including phenoxy) is 3. The van der Waals surface area contributed by atoms with Crippen LogP contribution in [0.3, 0.4) is 0 Å². The Labute approximate surface area is 242 Å². The molecule has 6 nitrogen and oxygen atoms in total. The van der Waals surface area contributed by atoms with Crippen LogP contribution in [0.1, 0.15) is 41.3 Å². The van der Waals surface area contributed by atoms with E-state index in [9.17, 15) is 9.18 Å². The molecular formula is C34H39FN2O4. The van der Waals surface area contributed by atoms with Gasteiger partial charge in [0.15, 0.2) is 11.5 Å². The fraction of sp³-hybridized carbons (Fsp3) is 0.324. The maximum Gasteiger partial charge on any atom is 0.254 e. The average Bonchev–Trinajstić information content (AvgIpc) is 3.00. The Balaban J connectivity index is 1.57. The molecule has 0 aromatic heterocycles. The van der Waals surface area contributed by atoms with Gasteiger partial charge in [-0.25, -0.2) is 4.39 Å². The van der Waals surface area contributed by atoms with Crippen LogP contribution in [0.15, 0.2) is 84.0 Å². The monoisotopic (exact) mass is 558 g/mol. The number of amides is 1. The van der Waals surface area contributed by atoms with Crippen molar-refractivity contribution in [2.75, 3.05) is 47.5 Å². The molecule has 0 bridgehead atoms. The smallest absolute Gasteiger partial charge is 0.254 e. The summed E-state index contributed by atoms with van der Waals surface area (Å²) in [6.45, 7) is 5.55. The number of benzene rings is 3. The van der Waals surface area contributed by atoms with E-state index < -0.39 is 0 Å². The number of carbonyl (C=O) groups is 1. The molecule has 1 fully saturated rings. The molecule has 3 aromatic carbocycles. The molecule has 216 valence electrons. The molecule has 0 radical (unpaired) electrons. The predicted molar refractivity (Wildman–Crippen MR) is 161 cm³/mol. The number of piperidine rings is 1. The van der Waals surface area contributed by atoms with Crippen LogP contribution in [-0.4, -0.2) is 63.2 Å². The second kappa shape index (κ2) is 14.5. The molecule has 7 heteroatoms. The molecule has 1 amide bonds. The van der Waals surface area contributed by atoms with Gasteiger partial charge in [0.2, 0.25) is 5.75 Å². The standard InChI is InChI=1S/C34H39FN2O4/c1-25(19-26-9-6-5-7-10-26)22-37(34(38)29-20-31(39-2)33(41-4)32(21-29)40-3)18-16-27-11-8-17-36(23-27)24-28-12-14-30(35)15-13-28/h5-7,9-10,12-16,19-21H,8,11,17-18,22-24H2,1-4H3/b25-19+,27-16+. The van der Waals surface area contributed by atoms with E-state index in [1.54, 1.807) is 33.5 Å². The first kappa shape index (κ1) is 29.9. The highest BCUT2D eigenvalue weighted by atomic mass is 19.1. The molecule has 1 aliphatic heterocycles. The largest absolute Gasteiger partial charge is 0.493 e. The van der Waals surface area contributed by atoms with E-state index in [1.807, 2.05) is 42.2 Å². The van der Waals surface area contributed by atoms with Gasteiger partial charge in [-0.3, -0.25) is 9.69 Å². The number of carbonyl (C=O) groups excluding carboxylic acids is 1. The van der Waals surface area contributed by atoms with Gasteiger partial charge in [0, 0.05) is 31.7 Å². The fourth-order valence-electron chi connectivity index (χ4n) is 5.15. The Kier molecular flexibility index (Phi) is 10.6. The third-order valence-electron chi connectivity index (χ3n) is 7.17. The lowest BCUT2D eigenvalue weighted by Crippen LogP contribution is -2.34. The number of hydrogen-bond donors (Lipinski definition) is 0. The second-order valence-corrected chi connectivity index (χ2v) is 10.3. The van der Waals surface area contributed by atoms with Gasteiger partial charge >= 0.3 is 0 Å². The van der Waals surface area contributed by atoms with Crippen molar-refractivity contribution in [3.63, 3.8) is 0 Å². The topological polar surface area (TPSA) is 51.2 Å². The minimum absolute atomic E-state index is 0.124. The van der Waals surface area contributed by atoms with E-state index in [-0.39, 0.29) is 11.7 Å². The Morgan fingerprint density at radius 1 is 0.976 bits per heavy atom. The van der Waals surface area contributed by atoms with Crippen LogP contribution in [-0.2, 0) is 6.54 Å². The molecule has 4 rings (SSSR count). The Bertz CT molecular complexity index is 1340. The number of hydrogen-bond acceptors (Lipinski definition) is 5. The van der Waals surface area contributed by atoms with Crippen molar-refractivity contribution in [1.82, 2.24) is 9.80 Å². The minimum atomic E-state index is -0.221. The van der Waals surface area contributed by atoms with E-state index in [0.717, 1.165) is 49.2 Å². The van der Waals surface area contributed by atoms with Crippen LogP contribution in [0.4, 0.5) is 4.39 Å². The van der Waals surface area contributed by atoms with Gasteiger partial charge in [-0.2, -0.15) is 0 Å². The van der Waals surface area contributed by atoms with Gasteiger partial charge in [0.05, 0.1) is 21.3 Å². The summed E-state index contributed by atoms with van der Waals surface area (Å²) in [7, 11) is 4.63. The molecule has 0 spiro atoms. The van der Waals surface area contributed by atoms with Crippen LogP contribution in [0.2, 0.25) is 0 Å². The van der Waals surface area contributed by atoms with Crippen molar-refractivity contribution in [2.45, 2.75) is 26.3 Å². The third-order valence-corrected chi connectivity index (χ3v) is 7.17. The molecule has 0 atom stereocenters. The van der Waals surface area contributed by atoms with Crippen LogP contribution in [0.25, 0.3) is 6.08 Å². The van der Waals surface area contributed by atoms with Crippen LogP contribution in [0, 0.1) is 5.82 Å². The van der Waals surface area contributed by atoms with E-state index in [1.165, 1.54) is 17.7 Å². The number of rotatable bonds is 11. The SMILES string of the molecule is COc1cc(C(=O)N(C/C=C2\CCCN(Cc3ccc(F)cc3)C2)C/C(C)=C/c2ccccc2)cc(OC)c1OC. The van der Waals surface area contributed by atoms with E-state index in [2.05, 4.69) is 29.2 Å². The van der Waals surface area contributed by atoms with E-state index in [4.69, 9.17) is 14.2 Å². The van der Waals surface area contributed by atoms with Gasteiger partial charge in [-0.15, -0.1) is 0 Å². The molecular weight excluding hydrogens is 519 g/mol. The van der Waals surface area contributed by atoms with Gasteiger partial charge < -0.3 is 19.1 Å². The molecule has 1 aliphatic rings. The number of nitrogens with zero attached hydrogens (tertiary/aromatic N) is 2. The van der Waals surface area contributed by atoms with Gasteiger partial charge in [-0.1, -0.05) is 65.8 Å². The van der Waals surface area contributed by atoms with Crippen LogP contribution in [0.5, 0.6) is 17.2 Å². The van der Waals surface area contributed by atoms with Crippen molar-refractivity contribution in [3.8, 4) is 17.2 Å². The fourth-order valence-corrected chi connectivity index (χ4v) is 5.15. The molecule has 1 heterocycles. The normalized spacial score (nSPS) is 15.0. The molecule has 0 saturated carbocycles. The van der Waals surface area contributed by atoms with Crippen molar-refractivity contribution in [3.05, 3.63) is 106 Å². The van der Waals surface area contributed by atoms with Crippen molar-refractivity contribution in [2.24, 2.45) is 0 Å². The highest BCUT2D eigenvalue weighted by Gasteiger charge is 2.22. The summed E-state index contributed by atoms with van der Waals surface area (Å²) in [5.74, 6) is 0.980. The maximum absolute atomic E-state index is 14.0. The first-order chi connectivity index (χ1) is 19.9. The Morgan fingerprint density at radius 3 is 2.29 bits per heavy atom. The average molecular weight is 559 g/mol. The first-order valence-electron chi connectivity index (χ1n) is 13.9. The number of methoxy groups -OCH3 is 3. The summed E-state index contributed by atoms with van der Waals surface area (Å²) in [5, 5.41) is 0. The van der Waals surface area contributed by atoms with Crippen molar-refractivity contribution in [1.29, 1.82) is 0 Å². The third kappa shape index (κ3) is 8.21. The lowest BCUT2D eigenvalue weighted by Gasteiger charge is -2.29. The lowest BCUT2D eigenvalue weighted by atomic mass is 10.0. The summed E-state index contributed by atoms with van der Waals surface area (Å²) >= 11 is 0. The lowest BCUT2D eigenvalue weighted by molar-refractivity contribution is 0.0786. The summed E-state index contributed by atoms with van der Waals surface area (Å²) in [6, 6.07) is 20.2. The zero-order valence-electron chi connectivity index (χ0n) is 24.4.